The van der Waals surface area contributed by atoms with Crippen LogP contribution in [0.15, 0.2) is 24.3 Å². The van der Waals surface area contributed by atoms with Crippen LogP contribution in [0.2, 0.25) is 0 Å². The van der Waals surface area contributed by atoms with Gasteiger partial charge in [0.25, 0.3) is 0 Å². The number of rotatable bonds is 7. The van der Waals surface area contributed by atoms with Gasteiger partial charge in [0.05, 0.1) is 25.8 Å². The molecule has 1 fully saturated rings. The number of carboxylic acids is 1. The molecule has 1 amide bonds. The summed E-state index contributed by atoms with van der Waals surface area (Å²) in [6.07, 6.45) is 1.73. The van der Waals surface area contributed by atoms with Crippen molar-refractivity contribution in [1.29, 1.82) is 0 Å². The lowest BCUT2D eigenvalue weighted by atomic mass is 9.95. The van der Waals surface area contributed by atoms with Crippen molar-refractivity contribution in [3.63, 3.8) is 0 Å². The van der Waals surface area contributed by atoms with E-state index in [1.807, 2.05) is 0 Å². The summed E-state index contributed by atoms with van der Waals surface area (Å²) in [5.41, 5.74) is 0.647. The minimum Gasteiger partial charge on any atom is -0.497 e. The zero-order valence-corrected chi connectivity index (χ0v) is 15.7. The lowest BCUT2D eigenvalue weighted by molar-refractivity contribution is -0.138. The highest BCUT2D eigenvalue weighted by atomic mass is 32.2. The number of nitrogens with one attached hydrogen (secondary N) is 1. The van der Waals surface area contributed by atoms with Gasteiger partial charge in [-0.1, -0.05) is 12.1 Å². The molecule has 2 rings (SSSR count). The number of carbonyl (C=O) groups excluding carboxylic acids is 1. The highest BCUT2D eigenvalue weighted by molar-refractivity contribution is 7.88. The molecular weight excluding hydrogens is 360 g/mol. The summed E-state index contributed by atoms with van der Waals surface area (Å²) in [7, 11) is -1.74. The van der Waals surface area contributed by atoms with Crippen LogP contribution in [0, 0.1) is 5.92 Å². The second kappa shape index (κ2) is 8.50. The minimum absolute atomic E-state index is 0.249. The number of nitrogens with zero attached hydrogens (tertiary/aromatic N) is 1. The maximum Gasteiger partial charge on any atom is 0.305 e. The van der Waals surface area contributed by atoms with Crippen LogP contribution >= 0.6 is 0 Å². The molecule has 0 bridgehead atoms. The minimum atomic E-state index is -3.25. The smallest absolute Gasteiger partial charge is 0.305 e. The number of hydrogen-bond donors (Lipinski definition) is 2. The first-order valence-corrected chi connectivity index (χ1v) is 10.2. The zero-order chi connectivity index (χ0) is 19.3. The first-order chi connectivity index (χ1) is 12.2. The van der Waals surface area contributed by atoms with E-state index >= 15 is 0 Å². The Bertz CT molecular complexity index is 756. The Morgan fingerprint density at radius 1 is 1.35 bits per heavy atom. The Hall–Kier alpha value is -2.13. The Balaban J connectivity index is 2.06. The van der Waals surface area contributed by atoms with E-state index in [1.54, 1.807) is 24.3 Å². The van der Waals surface area contributed by atoms with Crippen LogP contribution < -0.4 is 10.1 Å². The molecule has 1 heterocycles. The third kappa shape index (κ3) is 5.43. The molecule has 1 aliphatic rings. The number of carboxylic acid groups (broad SMARTS) is 1. The van der Waals surface area contributed by atoms with Crippen molar-refractivity contribution in [2.24, 2.45) is 5.92 Å². The van der Waals surface area contributed by atoms with Crippen molar-refractivity contribution in [1.82, 2.24) is 9.62 Å². The molecule has 1 saturated heterocycles. The van der Waals surface area contributed by atoms with Crippen molar-refractivity contribution >= 4 is 21.9 Å². The molecule has 0 radical (unpaired) electrons. The Labute approximate surface area is 153 Å². The molecule has 1 aliphatic heterocycles. The number of methoxy groups -OCH3 is 1. The maximum atomic E-state index is 12.6. The predicted octanol–water partition coefficient (Wildman–Crippen LogP) is 0.999. The molecule has 26 heavy (non-hydrogen) atoms. The fraction of sp³-hybridized carbons (Fsp3) is 0.529. The van der Waals surface area contributed by atoms with Gasteiger partial charge < -0.3 is 15.2 Å². The summed E-state index contributed by atoms with van der Waals surface area (Å²) >= 11 is 0. The van der Waals surface area contributed by atoms with Gasteiger partial charge in [0.1, 0.15) is 5.75 Å². The van der Waals surface area contributed by atoms with E-state index in [0.29, 0.717) is 37.2 Å². The van der Waals surface area contributed by atoms with Gasteiger partial charge in [0.15, 0.2) is 0 Å². The van der Waals surface area contributed by atoms with E-state index in [-0.39, 0.29) is 18.2 Å². The van der Waals surface area contributed by atoms with Crippen LogP contribution in [0.1, 0.15) is 30.9 Å². The Morgan fingerprint density at radius 2 is 2.00 bits per heavy atom. The molecule has 8 nitrogen and oxygen atoms in total. The summed E-state index contributed by atoms with van der Waals surface area (Å²) in [5, 5.41) is 12.0. The van der Waals surface area contributed by atoms with Crippen LogP contribution in [0.4, 0.5) is 0 Å². The van der Waals surface area contributed by atoms with Gasteiger partial charge in [-0.2, -0.15) is 0 Å². The van der Waals surface area contributed by atoms with Gasteiger partial charge in [-0.3, -0.25) is 9.59 Å². The number of ether oxygens (including phenoxy) is 1. The van der Waals surface area contributed by atoms with Gasteiger partial charge in [-0.05, 0) is 30.5 Å². The van der Waals surface area contributed by atoms with E-state index < -0.39 is 22.0 Å². The first kappa shape index (κ1) is 20.2. The lowest BCUT2D eigenvalue weighted by Crippen LogP contribution is -2.43. The molecule has 0 aromatic heterocycles. The van der Waals surface area contributed by atoms with E-state index in [0.717, 1.165) is 6.26 Å². The lowest BCUT2D eigenvalue weighted by Gasteiger charge is -2.30. The van der Waals surface area contributed by atoms with Gasteiger partial charge >= 0.3 is 5.97 Å². The van der Waals surface area contributed by atoms with Crippen molar-refractivity contribution in [2.75, 3.05) is 26.5 Å². The maximum absolute atomic E-state index is 12.6. The Kier molecular flexibility index (Phi) is 6.60. The monoisotopic (exact) mass is 384 g/mol. The largest absolute Gasteiger partial charge is 0.497 e. The molecule has 1 aromatic rings. The van der Waals surface area contributed by atoms with Gasteiger partial charge in [-0.15, -0.1) is 0 Å². The summed E-state index contributed by atoms with van der Waals surface area (Å²) in [4.78, 5) is 23.8. The van der Waals surface area contributed by atoms with Crippen LogP contribution in [0.25, 0.3) is 0 Å². The van der Waals surface area contributed by atoms with Crippen molar-refractivity contribution in [3.8, 4) is 5.75 Å². The number of carbonyl (C=O) groups is 2. The molecule has 9 heteroatoms. The van der Waals surface area contributed by atoms with Gasteiger partial charge in [-0.25, -0.2) is 12.7 Å². The zero-order valence-electron chi connectivity index (χ0n) is 14.8. The van der Waals surface area contributed by atoms with E-state index in [9.17, 15) is 18.0 Å². The van der Waals surface area contributed by atoms with Crippen LogP contribution in [-0.2, 0) is 19.6 Å². The van der Waals surface area contributed by atoms with Crippen molar-refractivity contribution in [3.05, 3.63) is 29.8 Å². The van der Waals surface area contributed by atoms with E-state index in [2.05, 4.69) is 5.32 Å². The standard InChI is InChI=1S/C17H24N2O6S/c1-25-14-5-3-4-13(10-14)15(11-16(20)21)18-17(22)12-6-8-19(9-7-12)26(2,23)24/h3-5,10,12,15H,6-9,11H2,1-2H3,(H,18,22)(H,20,21). The normalized spacial score (nSPS) is 17.5. The van der Waals surface area contributed by atoms with Crippen molar-refractivity contribution < 1.29 is 27.9 Å². The SMILES string of the molecule is COc1cccc(C(CC(=O)O)NC(=O)C2CCN(S(C)(=O)=O)CC2)c1. The molecule has 144 valence electrons. The molecule has 0 aliphatic carbocycles. The fourth-order valence-electron chi connectivity index (χ4n) is 3.02. The number of benzene rings is 1. The first-order valence-electron chi connectivity index (χ1n) is 8.32. The molecule has 1 atom stereocenters. The topological polar surface area (TPSA) is 113 Å². The predicted molar refractivity (Wildman–Crippen MR) is 95.3 cm³/mol. The number of amides is 1. The Morgan fingerprint density at radius 3 is 2.54 bits per heavy atom. The molecule has 0 spiro atoms. The van der Waals surface area contributed by atoms with Crippen LogP contribution in [-0.4, -0.2) is 56.2 Å². The van der Waals surface area contributed by atoms with Crippen molar-refractivity contribution in [2.45, 2.75) is 25.3 Å². The van der Waals surface area contributed by atoms with Gasteiger partial charge in [0, 0.05) is 19.0 Å². The van der Waals surface area contributed by atoms with Crippen LogP contribution in [0.5, 0.6) is 5.75 Å². The molecule has 1 aromatic carbocycles. The summed E-state index contributed by atoms with van der Waals surface area (Å²) in [6.45, 7) is 0.583. The quantitative estimate of drug-likeness (QED) is 0.725. The fourth-order valence-corrected chi connectivity index (χ4v) is 3.90. The molecule has 1 unspecified atom stereocenters. The average Bonchev–Trinajstić information content (AvgIpc) is 2.60. The highest BCUT2D eigenvalue weighted by Gasteiger charge is 2.30. The molecule has 0 saturated carbocycles. The molecular formula is C17H24N2O6S. The third-order valence-electron chi connectivity index (χ3n) is 4.49. The third-order valence-corrected chi connectivity index (χ3v) is 5.79. The second-order valence-electron chi connectivity index (χ2n) is 6.37. The van der Waals surface area contributed by atoms with Crippen LogP contribution in [0.3, 0.4) is 0 Å². The summed E-state index contributed by atoms with van der Waals surface area (Å²) in [5.74, 6) is -1.04. The number of sulfonamides is 1. The number of piperidine rings is 1. The molecule has 2 N–H and O–H groups in total. The van der Waals surface area contributed by atoms with E-state index in [1.165, 1.54) is 11.4 Å². The second-order valence-corrected chi connectivity index (χ2v) is 8.35. The average molecular weight is 384 g/mol. The van der Waals surface area contributed by atoms with E-state index in [4.69, 9.17) is 9.84 Å². The van der Waals surface area contributed by atoms with Gasteiger partial charge in [0.2, 0.25) is 15.9 Å². The number of hydrogen-bond acceptors (Lipinski definition) is 5. The summed E-state index contributed by atoms with van der Waals surface area (Å²) < 4.78 is 29.6. The highest BCUT2D eigenvalue weighted by Crippen LogP contribution is 2.24. The summed E-state index contributed by atoms with van der Waals surface area (Å²) in [6, 6.07) is 6.23. The number of aliphatic carboxylic acids is 1.